The molecule has 0 amide bonds. The van der Waals surface area contributed by atoms with Gasteiger partial charge < -0.3 is 14.8 Å². The molecule has 1 N–H and O–H groups in total. The summed E-state index contributed by atoms with van der Waals surface area (Å²) >= 11 is 0. The third kappa shape index (κ3) is 4.23. The minimum atomic E-state index is 0.544. The quantitative estimate of drug-likeness (QED) is 0.841. The number of ether oxygens (including phenoxy) is 2. The van der Waals surface area contributed by atoms with Gasteiger partial charge in [-0.2, -0.15) is 0 Å². The fraction of sp³-hybridized carbons (Fsp3) is 0.333. The van der Waals surface area contributed by atoms with Crippen molar-refractivity contribution in [2.24, 2.45) is 0 Å². The van der Waals surface area contributed by atoms with Crippen molar-refractivity contribution < 1.29 is 9.47 Å². The van der Waals surface area contributed by atoms with Gasteiger partial charge in [-0.25, -0.2) is 0 Å². The smallest absolute Gasteiger partial charge is 0.166 e. The Morgan fingerprint density at radius 2 is 1.86 bits per heavy atom. The topological polar surface area (TPSA) is 30.5 Å². The summed E-state index contributed by atoms with van der Waals surface area (Å²) in [4.78, 5) is 0. The summed E-state index contributed by atoms with van der Waals surface area (Å²) in [7, 11) is 1.93. The van der Waals surface area contributed by atoms with Crippen LogP contribution in [-0.4, -0.2) is 13.7 Å². The van der Waals surface area contributed by atoms with Crippen molar-refractivity contribution in [1.29, 1.82) is 0 Å². The van der Waals surface area contributed by atoms with Crippen LogP contribution in [0.25, 0.3) is 0 Å². The van der Waals surface area contributed by atoms with Gasteiger partial charge in [0.15, 0.2) is 11.5 Å². The molecule has 0 bridgehead atoms. The molecule has 0 saturated carbocycles. The zero-order valence-corrected chi connectivity index (χ0v) is 13.0. The normalized spacial score (nSPS) is 10.4. The van der Waals surface area contributed by atoms with Crippen LogP contribution in [0, 0.1) is 6.92 Å². The van der Waals surface area contributed by atoms with Gasteiger partial charge in [0, 0.05) is 12.1 Å². The molecule has 21 heavy (non-hydrogen) atoms. The van der Waals surface area contributed by atoms with E-state index in [9.17, 15) is 0 Å². The first-order chi connectivity index (χ1) is 10.2. The average Bonchev–Trinajstić information content (AvgIpc) is 2.47. The molecule has 0 heterocycles. The van der Waals surface area contributed by atoms with Crippen LogP contribution in [0.4, 0.5) is 0 Å². The second kappa shape index (κ2) is 7.70. The zero-order chi connectivity index (χ0) is 15.1. The fourth-order valence-electron chi connectivity index (χ4n) is 2.28. The molecule has 0 aliphatic carbocycles. The van der Waals surface area contributed by atoms with Gasteiger partial charge in [-0.15, -0.1) is 0 Å². The Morgan fingerprint density at radius 1 is 1.05 bits per heavy atom. The maximum Gasteiger partial charge on any atom is 0.166 e. The van der Waals surface area contributed by atoms with Crippen LogP contribution in [0.15, 0.2) is 42.5 Å². The Kier molecular flexibility index (Phi) is 5.64. The zero-order valence-electron chi connectivity index (χ0n) is 13.0. The van der Waals surface area contributed by atoms with E-state index in [0.29, 0.717) is 13.2 Å². The molecule has 0 radical (unpaired) electrons. The minimum absolute atomic E-state index is 0.544. The molecule has 0 aromatic heterocycles. The molecule has 0 spiro atoms. The monoisotopic (exact) mass is 285 g/mol. The predicted molar refractivity (Wildman–Crippen MR) is 85.9 cm³/mol. The summed E-state index contributed by atoms with van der Waals surface area (Å²) in [6.45, 7) is 6.00. The van der Waals surface area contributed by atoms with Crippen molar-refractivity contribution in [2.45, 2.75) is 27.0 Å². The molecule has 2 rings (SSSR count). The maximum absolute atomic E-state index is 6.05. The standard InChI is InChI=1S/C18H23NO2/c1-4-20-17-10-6-9-16(12-19-3)18(17)21-13-15-8-5-7-14(2)11-15/h5-11,19H,4,12-13H2,1-3H3. The van der Waals surface area contributed by atoms with E-state index in [-0.39, 0.29) is 0 Å². The lowest BCUT2D eigenvalue weighted by atomic mass is 10.1. The Hall–Kier alpha value is -2.00. The second-order valence-electron chi connectivity index (χ2n) is 4.99. The minimum Gasteiger partial charge on any atom is -0.490 e. The average molecular weight is 285 g/mol. The summed E-state index contributed by atoms with van der Waals surface area (Å²) in [5.41, 5.74) is 3.51. The summed E-state index contributed by atoms with van der Waals surface area (Å²) in [6, 6.07) is 14.4. The largest absolute Gasteiger partial charge is 0.490 e. The van der Waals surface area contributed by atoms with Gasteiger partial charge in [0.25, 0.3) is 0 Å². The van der Waals surface area contributed by atoms with Crippen LogP contribution in [0.3, 0.4) is 0 Å². The molecular weight excluding hydrogens is 262 g/mol. The molecular formula is C18H23NO2. The van der Waals surface area contributed by atoms with Gasteiger partial charge in [0.05, 0.1) is 6.61 Å². The van der Waals surface area contributed by atoms with Crippen LogP contribution in [-0.2, 0) is 13.2 Å². The van der Waals surface area contributed by atoms with E-state index >= 15 is 0 Å². The summed E-state index contributed by atoms with van der Waals surface area (Å²) in [5, 5.41) is 3.17. The fourth-order valence-corrected chi connectivity index (χ4v) is 2.28. The first-order valence-corrected chi connectivity index (χ1v) is 7.32. The van der Waals surface area contributed by atoms with Crippen molar-refractivity contribution in [3.63, 3.8) is 0 Å². The number of hydrogen-bond acceptors (Lipinski definition) is 3. The molecule has 0 unspecified atom stereocenters. The van der Waals surface area contributed by atoms with Crippen molar-refractivity contribution in [3.8, 4) is 11.5 Å². The predicted octanol–water partition coefficient (Wildman–Crippen LogP) is 3.69. The highest BCUT2D eigenvalue weighted by Crippen LogP contribution is 2.32. The summed E-state index contributed by atoms with van der Waals surface area (Å²) < 4.78 is 11.7. The van der Waals surface area contributed by atoms with Gasteiger partial charge in [-0.3, -0.25) is 0 Å². The number of rotatable bonds is 7. The van der Waals surface area contributed by atoms with E-state index < -0.39 is 0 Å². The van der Waals surface area contributed by atoms with E-state index in [1.165, 1.54) is 5.56 Å². The Labute approximate surface area is 126 Å². The van der Waals surface area contributed by atoms with E-state index in [1.807, 2.05) is 26.1 Å². The molecule has 2 aromatic carbocycles. The van der Waals surface area contributed by atoms with Crippen LogP contribution >= 0.6 is 0 Å². The highest BCUT2D eigenvalue weighted by atomic mass is 16.5. The molecule has 0 fully saturated rings. The van der Waals surface area contributed by atoms with Gasteiger partial charge >= 0.3 is 0 Å². The van der Waals surface area contributed by atoms with Gasteiger partial charge in [0.2, 0.25) is 0 Å². The number of para-hydroxylation sites is 1. The SMILES string of the molecule is CCOc1cccc(CNC)c1OCc1cccc(C)c1. The van der Waals surface area contributed by atoms with Crippen LogP contribution in [0.2, 0.25) is 0 Å². The Bertz CT molecular complexity index is 557. The maximum atomic E-state index is 6.05. The molecule has 0 aliphatic rings. The molecule has 0 saturated heterocycles. The van der Waals surface area contributed by atoms with Crippen molar-refractivity contribution >= 4 is 0 Å². The van der Waals surface area contributed by atoms with Gasteiger partial charge in [-0.1, -0.05) is 42.0 Å². The van der Waals surface area contributed by atoms with Gasteiger partial charge in [0.1, 0.15) is 6.61 Å². The third-order valence-electron chi connectivity index (χ3n) is 3.19. The van der Waals surface area contributed by atoms with Crippen molar-refractivity contribution in [1.82, 2.24) is 5.32 Å². The Balaban J connectivity index is 2.20. The number of benzene rings is 2. The van der Waals surface area contributed by atoms with Crippen molar-refractivity contribution in [2.75, 3.05) is 13.7 Å². The summed E-state index contributed by atoms with van der Waals surface area (Å²) in [6.07, 6.45) is 0. The van der Waals surface area contributed by atoms with E-state index in [1.54, 1.807) is 0 Å². The van der Waals surface area contributed by atoms with Gasteiger partial charge in [-0.05, 0) is 32.5 Å². The van der Waals surface area contributed by atoms with Crippen LogP contribution in [0.5, 0.6) is 11.5 Å². The second-order valence-corrected chi connectivity index (χ2v) is 4.99. The lowest BCUT2D eigenvalue weighted by Crippen LogP contribution is -2.09. The lowest BCUT2D eigenvalue weighted by molar-refractivity contribution is 0.266. The molecule has 0 atom stereocenters. The first-order valence-electron chi connectivity index (χ1n) is 7.32. The number of hydrogen-bond donors (Lipinski definition) is 1. The first kappa shape index (κ1) is 15.4. The summed E-state index contributed by atoms with van der Waals surface area (Å²) in [5.74, 6) is 1.63. The van der Waals surface area contributed by atoms with Crippen LogP contribution < -0.4 is 14.8 Å². The highest BCUT2D eigenvalue weighted by molar-refractivity contribution is 5.46. The third-order valence-corrected chi connectivity index (χ3v) is 3.19. The van der Waals surface area contributed by atoms with Crippen molar-refractivity contribution in [3.05, 3.63) is 59.2 Å². The lowest BCUT2D eigenvalue weighted by Gasteiger charge is -2.16. The van der Waals surface area contributed by atoms with E-state index in [0.717, 1.165) is 29.2 Å². The van der Waals surface area contributed by atoms with E-state index in [2.05, 4.69) is 42.6 Å². The number of nitrogens with one attached hydrogen (secondary N) is 1. The highest BCUT2D eigenvalue weighted by Gasteiger charge is 2.10. The molecule has 0 aliphatic heterocycles. The Morgan fingerprint density at radius 3 is 2.57 bits per heavy atom. The molecule has 2 aromatic rings. The molecule has 3 nitrogen and oxygen atoms in total. The molecule has 3 heteroatoms. The molecule has 112 valence electrons. The van der Waals surface area contributed by atoms with Crippen LogP contribution in [0.1, 0.15) is 23.6 Å². The number of aryl methyl sites for hydroxylation is 1. The van der Waals surface area contributed by atoms with E-state index in [4.69, 9.17) is 9.47 Å².